The first-order chi connectivity index (χ1) is 13.7. The summed E-state index contributed by atoms with van der Waals surface area (Å²) in [4.78, 5) is 20.7. The fourth-order valence-electron chi connectivity index (χ4n) is 3.63. The van der Waals surface area contributed by atoms with Gasteiger partial charge in [0, 0.05) is 41.4 Å². The molecule has 1 atom stereocenters. The molecule has 4 rings (SSSR count). The van der Waals surface area contributed by atoms with E-state index in [9.17, 15) is 13.2 Å². The van der Waals surface area contributed by atoms with Crippen molar-refractivity contribution in [1.29, 1.82) is 0 Å². The maximum atomic E-state index is 12.4. The number of hydrogen-bond acceptors (Lipinski definition) is 5. The quantitative estimate of drug-likeness (QED) is 0.650. The molecule has 152 valence electrons. The van der Waals surface area contributed by atoms with E-state index >= 15 is 0 Å². The molecule has 0 spiro atoms. The van der Waals surface area contributed by atoms with Crippen molar-refractivity contribution in [3.8, 4) is 11.3 Å². The molecule has 3 aromatic rings. The minimum absolute atomic E-state index is 0.0776. The van der Waals surface area contributed by atoms with Crippen LogP contribution in [-0.2, 0) is 6.42 Å². The molecule has 29 heavy (non-hydrogen) atoms. The Bertz CT molecular complexity index is 1080. The molecular weight excluding hydrogens is 381 g/mol. The van der Waals surface area contributed by atoms with E-state index in [0.717, 1.165) is 34.8 Å². The van der Waals surface area contributed by atoms with E-state index < -0.39 is 12.7 Å². The minimum Gasteiger partial charge on any atom is -0.345 e. The summed E-state index contributed by atoms with van der Waals surface area (Å²) in [5, 5.41) is 2.89. The molecule has 0 saturated carbocycles. The van der Waals surface area contributed by atoms with Gasteiger partial charge in [-0.05, 0) is 25.0 Å². The Kier molecular flexibility index (Phi) is 4.76. The first kappa shape index (κ1) is 19.4. The molecule has 0 radical (unpaired) electrons. The van der Waals surface area contributed by atoms with Crippen LogP contribution in [-0.4, -0.2) is 38.4 Å². The van der Waals surface area contributed by atoms with Gasteiger partial charge in [0.05, 0.1) is 17.1 Å². The average Bonchev–Trinajstić information content (AvgIpc) is 3.08. The standard InChI is InChI=1S/C20H21F3N6/c1-10(2)12-6-17-16(27-11(12)3)5-4-15(28-17)13-7-24-18-14(13)8-25-19(29-18)26-9-20(21,22)23/h4-5,7-8,10,12H,6,9H2,1-3H3,(H2,24,25,26,29)/t12-/m1/s1. The molecule has 0 bridgehead atoms. The summed E-state index contributed by atoms with van der Waals surface area (Å²) in [5.41, 5.74) is 4.97. The number of nitrogens with one attached hydrogen (secondary N) is 2. The topological polar surface area (TPSA) is 78.9 Å². The van der Waals surface area contributed by atoms with Gasteiger partial charge in [0.2, 0.25) is 5.95 Å². The van der Waals surface area contributed by atoms with Crippen molar-refractivity contribution in [3.05, 3.63) is 30.2 Å². The zero-order valence-corrected chi connectivity index (χ0v) is 16.3. The lowest BCUT2D eigenvalue weighted by atomic mass is 9.85. The Balaban J connectivity index is 1.65. The molecule has 1 aliphatic rings. The van der Waals surface area contributed by atoms with Crippen molar-refractivity contribution >= 4 is 28.4 Å². The molecule has 6 nitrogen and oxygen atoms in total. The molecule has 0 aromatic carbocycles. The van der Waals surface area contributed by atoms with Crippen LogP contribution in [0.15, 0.2) is 29.5 Å². The van der Waals surface area contributed by atoms with Crippen molar-refractivity contribution < 1.29 is 13.2 Å². The minimum atomic E-state index is -4.33. The van der Waals surface area contributed by atoms with E-state index in [0.29, 0.717) is 22.9 Å². The smallest absolute Gasteiger partial charge is 0.345 e. The van der Waals surface area contributed by atoms with Crippen molar-refractivity contribution in [2.75, 3.05) is 11.9 Å². The predicted molar refractivity (Wildman–Crippen MR) is 106 cm³/mol. The molecule has 0 aliphatic carbocycles. The normalized spacial score (nSPS) is 16.8. The highest BCUT2D eigenvalue weighted by Gasteiger charge is 2.27. The van der Waals surface area contributed by atoms with Gasteiger partial charge >= 0.3 is 6.18 Å². The molecule has 9 heteroatoms. The summed E-state index contributed by atoms with van der Waals surface area (Å²) in [5.74, 6) is 0.756. The number of nitrogens with zero attached hydrogens (tertiary/aromatic N) is 4. The summed E-state index contributed by atoms with van der Waals surface area (Å²) in [7, 11) is 0. The fraction of sp³-hybridized carbons (Fsp3) is 0.400. The SMILES string of the molecule is CC1=Nc2ccc(-c3c[nH]c4nc(NCC(F)(F)F)ncc34)nc2C[C@@H]1C(C)C. The zero-order chi connectivity index (χ0) is 20.8. The highest BCUT2D eigenvalue weighted by atomic mass is 19.4. The van der Waals surface area contributed by atoms with Gasteiger partial charge in [0.25, 0.3) is 0 Å². The first-order valence-electron chi connectivity index (χ1n) is 9.41. The lowest BCUT2D eigenvalue weighted by Gasteiger charge is -2.25. The second kappa shape index (κ2) is 7.13. The van der Waals surface area contributed by atoms with Crippen LogP contribution in [0, 0.1) is 11.8 Å². The molecular formula is C20H21F3N6. The van der Waals surface area contributed by atoms with Crippen LogP contribution >= 0.6 is 0 Å². The van der Waals surface area contributed by atoms with E-state index in [1.165, 1.54) is 6.20 Å². The summed E-state index contributed by atoms with van der Waals surface area (Å²) in [6.45, 7) is 5.23. The number of hydrogen-bond donors (Lipinski definition) is 2. The van der Waals surface area contributed by atoms with Gasteiger partial charge in [-0.15, -0.1) is 0 Å². The third kappa shape index (κ3) is 3.94. The highest BCUT2D eigenvalue weighted by Crippen LogP contribution is 2.34. The van der Waals surface area contributed by atoms with Gasteiger partial charge in [-0.1, -0.05) is 13.8 Å². The number of halogens is 3. The Labute approximate surface area is 165 Å². The largest absolute Gasteiger partial charge is 0.405 e. The van der Waals surface area contributed by atoms with E-state index in [4.69, 9.17) is 9.98 Å². The van der Waals surface area contributed by atoms with Gasteiger partial charge in [-0.2, -0.15) is 18.2 Å². The van der Waals surface area contributed by atoms with Crippen LogP contribution < -0.4 is 5.32 Å². The van der Waals surface area contributed by atoms with E-state index in [1.807, 2.05) is 12.1 Å². The van der Waals surface area contributed by atoms with E-state index in [-0.39, 0.29) is 5.95 Å². The number of aromatic amines is 1. The lowest BCUT2D eigenvalue weighted by molar-refractivity contribution is -0.115. The van der Waals surface area contributed by atoms with Crippen molar-refractivity contribution in [2.24, 2.45) is 16.8 Å². The maximum absolute atomic E-state index is 12.4. The van der Waals surface area contributed by atoms with Crippen molar-refractivity contribution in [3.63, 3.8) is 0 Å². The Hall–Kier alpha value is -2.97. The van der Waals surface area contributed by atoms with Gasteiger partial charge < -0.3 is 10.3 Å². The monoisotopic (exact) mass is 402 g/mol. The average molecular weight is 402 g/mol. The molecule has 0 saturated heterocycles. The highest BCUT2D eigenvalue weighted by molar-refractivity contribution is 5.93. The van der Waals surface area contributed by atoms with Gasteiger partial charge in [0.15, 0.2) is 0 Å². The number of alkyl halides is 3. The maximum Gasteiger partial charge on any atom is 0.405 e. The number of rotatable bonds is 4. The molecule has 1 aliphatic heterocycles. The number of aliphatic imine (C=N–C) groups is 1. The Morgan fingerprint density at radius 1 is 1.24 bits per heavy atom. The molecule has 4 heterocycles. The fourth-order valence-corrected chi connectivity index (χ4v) is 3.63. The van der Waals surface area contributed by atoms with Crippen LogP contribution in [0.2, 0.25) is 0 Å². The van der Waals surface area contributed by atoms with Crippen molar-refractivity contribution in [2.45, 2.75) is 33.4 Å². The van der Waals surface area contributed by atoms with Crippen molar-refractivity contribution in [1.82, 2.24) is 19.9 Å². The second-order valence-corrected chi connectivity index (χ2v) is 7.60. The number of aromatic nitrogens is 4. The number of H-pyrrole nitrogens is 1. The summed E-state index contributed by atoms with van der Waals surface area (Å²) < 4.78 is 37.1. The van der Waals surface area contributed by atoms with Crippen LogP contribution in [0.25, 0.3) is 22.3 Å². The van der Waals surface area contributed by atoms with Gasteiger partial charge in [0.1, 0.15) is 12.2 Å². The third-order valence-electron chi connectivity index (χ3n) is 5.16. The van der Waals surface area contributed by atoms with Gasteiger partial charge in [-0.25, -0.2) is 4.98 Å². The molecule has 3 aromatic heterocycles. The molecule has 2 N–H and O–H groups in total. The third-order valence-corrected chi connectivity index (χ3v) is 5.16. The van der Waals surface area contributed by atoms with Crippen LogP contribution in [0.3, 0.4) is 0 Å². The number of pyridine rings is 1. The van der Waals surface area contributed by atoms with E-state index in [1.54, 1.807) is 6.20 Å². The molecule has 0 unspecified atom stereocenters. The van der Waals surface area contributed by atoms with Crippen LogP contribution in [0.1, 0.15) is 26.5 Å². The van der Waals surface area contributed by atoms with Gasteiger partial charge in [-0.3, -0.25) is 9.98 Å². The summed E-state index contributed by atoms with van der Waals surface area (Å²) in [6, 6.07) is 3.85. The number of anilines is 1. The van der Waals surface area contributed by atoms with E-state index in [2.05, 4.69) is 41.0 Å². The Morgan fingerprint density at radius 3 is 2.76 bits per heavy atom. The zero-order valence-electron chi connectivity index (χ0n) is 16.3. The first-order valence-corrected chi connectivity index (χ1v) is 9.41. The number of fused-ring (bicyclic) bond motifs is 2. The van der Waals surface area contributed by atoms with Crippen LogP contribution in [0.4, 0.5) is 24.8 Å². The molecule has 0 amide bonds. The second-order valence-electron chi connectivity index (χ2n) is 7.60. The van der Waals surface area contributed by atoms with Crippen LogP contribution in [0.5, 0.6) is 0 Å². The Morgan fingerprint density at radius 2 is 2.03 bits per heavy atom. The lowest BCUT2D eigenvalue weighted by Crippen LogP contribution is -2.23. The predicted octanol–water partition coefficient (Wildman–Crippen LogP) is 4.91. The summed E-state index contributed by atoms with van der Waals surface area (Å²) in [6.07, 6.45) is -0.242. The molecule has 0 fully saturated rings. The summed E-state index contributed by atoms with van der Waals surface area (Å²) >= 11 is 0.